The summed E-state index contributed by atoms with van der Waals surface area (Å²) in [6, 6.07) is 9.09. The molecule has 0 bridgehead atoms. The predicted molar refractivity (Wildman–Crippen MR) is 107 cm³/mol. The Labute approximate surface area is 166 Å². The van der Waals surface area contributed by atoms with Gasteiger partial charge in [0.2, 0.25) is 11.1 Å². The minimum atomic E-state index is -0.431. The molecule has 0 unspecified atom stereocenters. The van der Waals surface area contributed by atoms with Crippen LogP contribution in [-0.4, -0.2) is 35.8 Å². The summed E-state index contributed by atoms with van der Waals surface area (Å²) in [4.78, 5) is 12.5. The maximum atomic E-state index is 12.5. The van der Waals surface area contributed by atoms with E-state index in [1.54, 1.807) is 36.0 Å². The SMILES string of the molecule is CC(C)n1nccc1NC(=O)[C@@H](C)Sc1nnc(-c2cccc(Cl)c2)n1N. The van der Waals surface area contributed by atoms with Crippen LogP contribution in [0.2, 0.25) is 5.02 Å². The lowest BCUT2D eigenvalue weighted by Gasteiger charge is -2.14. The smallest absolute Gasteiger partial charge is 0.238 e. The van der Waals surface area contributed by atoms with Gasteiger partial charge in [-0.3, -0.25) is 4.79 Å². The maximum absolute atomic E-state index is 12.5. The van der Waals surface area contributed by atoms with Crippen LogP contribution in [0.1, 0.15) is 26.8 Å². The van der Waals surface area contributed by atoms with Crippen LogP contribution in [0.4, 0.5) is 5.82 Å². The Balaban J connectivity index is 1.72. The summed E-state index contributed by atoms with van der Waals surface area (Å²) < 4.78 is 3.11. The standard InChI is InChI=1S/C17H20ClN7OS/c1-10(2)25-14(7-8-20-25)21-16(26)11(3)27-17-23-22-15(24(17)19)12-5-4-6-13(18)9-12/h4-11H,19H2,1-3H3,(H,21,26)/t11-/m1/s1. The van der Waals surface area contributed by atoms with Gasteiger partial charge in [0.25, 0.3) is 0 Å². The summed E-state index contributed by atoms with van der Waals surface area (Å²) in [6.07, 6.45) is 1.65. The summed E-state index contributed by atoms with van der Waals surface area (Å²) in [5, 5.41) is 15.9. The van der Waals surface area contributed by atoms with Gasteiger partial charge in [-0.25, -0.2) is 9.36 Å². The lowest BCUT2D eigenvalue weighted by atomic mass is 10.2. The van der Waals surface area contributed by atoms with Crippen molar-refractivity contribution in [1.29, 1.82) is 0 Å². The van der Waals surface area contributed by atoms with E-state index in [2.05, 4.69) is 20.6 Å². The minimum absolute atomic E-state index is 0.144. The van der Waals surface area contributed by atoms with Crippen molar-refractivity contribution in [2.24, 2.45) is 0 Å². The summed E-state index contributed by atoms with van der Waals surface area (Å²) in [5.41, 5.74) is 0.752. The average molecular weight is 406 g/mol. The number of rotatable bonds is 6. The molecule has 8 nitrogen and oxygen atoms in total. The molecule has 27 heavy (non-hydrogen) atoms. The molecule has 0 fully saturated rings. The first-order chi connectivity index (χ1) is 12.9. The number of benzene rings is 1. The number of nitrogens with one attached hydrogen (secondary N) is 1. The molecule has 0 spiro atoms. The predicted octanol–water partition coefficient (Wildman–Crippen LogP) is 3.21. The summed E-state index contributed by atoms with van der Waals surface area (Å²) >= 11 is 7.24. The Morgan fingerprint density at radius 2 is 2.04 bits per heavy atom. The molecule has 1 amide bonds. The molecule has 1 aromatic carbocycles. The van der Waals surface area contributed by atoms with Crippen molar-refractivity contribution in [1.82, 2.24) is 24.7 Å². The van der Waals surface area contributed by atoms with E-state index in [1.807, 2.05) is 26.0 Å². The molecule has 0 saturated carbocycles. The molecular formula is C17H20ClN7OS. The Hall–Kier alpha value is -2.52. The lowest BCUT2D eigenvalue weighted by molar-refractivity contribution is -0.115. The van der Waals surface area contributed by atoms with Crippen LogP contribution in [0.3, 0.4) is 0 Å². The number of nitrogens with zero attached hydrogens (tertiary/aromatic N) is 5. The van der Waals surface area contributed by atoms with Gasteiger partial charge >= 0.3 is 0 Å². The molecule has 3 aromatic rings. The second kappa shape index (κ2) is 8.01. The number of carbonyl (C=O) groups is 1. The molecule has 0 aliphatic rings. The first-order valence-corrected chi connectivity index (χ1v) is 9.60. The first-order valence-electron chi connectivity index (χ1n) is 8.34. The number of carbonyl (C=O) groups excluding carboxylic acids is 1. The van der Waals surface area contributed by atoms with Crippen molar-refractivity contribution in [2.75, 3.05) is 11.2 Å². The van der Waals surface area contributed by atoms with Crippen LogP contribution in [-0.2, 0) is 4.79 Å². The van der Waals surface area contributed by atoms with Crippen molar-refractivity contribution in [3.63, 3.8) is 0 Å². The highest BCUT2D eigenvalue weighted by molar-refractivity contribution is 8.00. The summed E-state index contributed by atoms with van der Waals surface area (Å²) in [5.74, 6) is 7.07. The van der Waals surface area contributed by atoms with Gasteiger partial charge in [-0.2, -0.15) is 5.10 Å². The van der Waals surface area contributed by atoms with E-state index in [9.17, 15) is 4.79 Å². The fourth-order valence-electron chi connectivity index (χ4n) is 2.45. The number of aromatic nitrogens is 5. The second-order valence-electron chi connectivity index (χ2n) is 6.19. The van der Waals surface area contributed by atoms with Gasteiger partial charge in [-0.05, 0) is 32.9 Å². The molecule has 3 N–H and O–H groups in total. The highest BCUT2D eigenvalue weighted by Crippen LogP contribution is 2.26. The molecule has 0 aliphatic carbocycles. The molecule has 0 aliphatic heterocycles. The number of nitrogen functional groups attached to an aromatic ring is 1. The first kappa shape index (κ1) is 19.2. The van der Waals surface area contributed by atoms with Crippen molar-refractivity contribution in [3.8, 4) is 11.4 Å². The van der Waals surface area contributed by atoms with Crippen LogP contribution >= 0.6 is 23.4 Å². The van der Waals surface area contributed by atoms with E-state index in [0.717, 1.165) is 5.56 Å². The van der Waals surface area contributed by atoms with Crippen molar-refractivity contribution in [2.45, 2.75) is 37.2 Å². The number of anilines is 1. The van der Waals surface area contributed by atoms with Crippen LogP contribution in [0, 0.1) is 0 Å². The molecule has 1 atom stereocenters. The topological polar surface area (TPSA) is 104 Å². The Kier molecular flexibility index (Phi) is 5.71. The number of thioether (sulfide) groups is 1. The zero-order valence-corrected chi connectivity index (χ0v) is 16.7. The van der Waals surface area contributed by atoms with E-state index >= 15 is 0 Å². The zero-order valence-electron chi connectivity index (χ0n) is 15.1. The summed E-state index contributed by atoms with van der Waals surface area (Å²) in [7, 11) is 0. The monoisotopic (exact) mass is 405 g/mol. The van der Waals surface area contributed by atoms with E-state index in [1.165, 1.54) is 16.4 Å². The molecular weight excluding hydrogens is 386 g/mol. The number of amides is 1. The van der Waals surface area contributed by atoms with Gasteiger partial charge < -0.3 is 11.2 Å². The largest absolute Gasteiger partial charge is 0.335 e. The molecule has 2 heterocycles. The van der Waals surface area contributed by atoms with Crippen LogP contribution < -0.4 is 11.2 Å². The second-order valence-corrected chi connectivity index (χ2v) is 7.94. The minimum Gasteiger partial charge on any atom is -0.335 e. The molecule has 0 saturated heterocycles. The number of halogens is 1. The van der Waals surface area contributed by atoms with Crippen LogP contribution in [0.25, 0.3) is 11.4 Å². The average Bonchev–Trinajstić information content (AvgIpc) is 3.22. The molecule has 10 heteroatoms. The van der Waals surface area contributed by atoms with Gasteiger partial charge in [-0.1, -0.05) is 35.5 Å². The third-order valence-corrected chi connectivity index (χ3v) is 5.10. The summed E-state index contributed by atoms with van der Waals surface area (Å²) in [6.45, 7) is 5.77. The molecule has 0 radical (unpaired) electrons. The van der Waals surface area contributed by atoms with Gasteiger partial charge in [0.15, 0.2) is 5.82 Å². The van der Waals surface area contributed by atoms with Crippen molar-refractivity contribution < 1.29 is 4.79 Å². The highest BCUT2D eigenvalue weighted by atomic mass is 35.5. The third-order valence-electron chi connectivity index (χ3n) is 3.81. The fraction of sp³-hybridized carbons (Fsp3) is 0.294. The maximum Gasteiger partial charge on any atom is 0.238 e. The molecule has 3 rings (SSSR count). The Bertz CT molecular complexity index is 952. The van der Waals surface area contributed by atoms with E-state index in [4.69, 9.17) is 17.4 Å². The van der Waals surface area contributed by atoms with E-state index < -0.39 is 5.25 Å². The Morgan fingerprint density at radius 3 is 2.74 bits per heavy atom. The van der Waals surface area contributed by atoms with E-state index in [0.29, 0.717) is 21.8 Å². The van der Waals surface area contributed by atoms with Gasteiger partial charge in [0.1, 0.15) is 5.82 Å². The number of hydrogen-bond donors (Lipinski definition) is 2. The molecule has 2 aromatic heterocycles. The number of nitrogens with two attached hydrogens (primary N) is 1. The van der Waals surface area contributed by atoms with Gasteiger partial charge in [0, 0.05) is 22.7 Å². The zero-order chi connectivity index (χ0) is 19.6. The highest BCUT2D eigenvalue weighted by Gasteiger charge is 2.21. The molecule has 142 valence electrons. The number of hydrogen-bond acceptors (Lipinski definition) is 6. The third kappa shape index (κ3) is 4.25. The fourth-order valence-corrected chi connectivity index (χ4v) is 3.41. The van der Waals surface area contributed by atoms with Crippen LogP contribution in [0.5, 0.6) is 0 Å². The van der Waals surface area contributed by atoms with Crippen LogP contribution in [0.15, 0.2) is 41.7 Å². The Morgan fingerprint density at radius 1 is 1.26 bits per heavy atom. The van der Waals surface area contributed by atoms with E-state index in [-0.39, 0.29) is 11.9 Å². The lowest BCUT2D eigenvalue weighted by Crippen LogP contribution is -2.25. The normalized spacial score (nSPS) is 12.3. The van der Waals surface area contributed by atoms with Crippen molar-refractivity contribution in [3.05, 3.63) is 41.6 Å². The van der Waals surface area contributed by atoms with Gasteiger partial charge in [0.05, 0.1) is 11.4 Å². The van der Waals surface area contributed by atoms with Gasteiger partial charge in [-0.15, -0.1) is 10.2 Å². The quantitative estimate of drug-likeness (QED) is 0.482. The van der Waals surface area contributed by atoms with Crippen molar-refractivity contribution >= 4 is 35.1 Å².